The number of ether oxygens (including phenoxy) is 1. The van der Waals surface area contributed by atoms with Gasteiger partial charge in [0.1, 0.15) is 6.10 Å². The van der Waals surface area contributed by atoms with Gasteiger partial charge in [-0.05, 0) is 17.4 Å². The monoisotopic (exact) mass is 239 g/mol. The number of hydrogen-bond donors (Lipinski definition) is 1. The highest BCUT2D eigenvalue weighted by Crippen LogP contribution is 2.29. The maximum atomic E-state index is 6.22. The van der Waals surface area contributed by atoms with Gasteiger partial charge in [0, 0.05) is 18.0 Å². The summed E-state index contributed by atoms with van der Waals surface area (Å²) >= 11 is 1.79. The van der Waals surface area contributed by atoms with E-state index in [-0.39, 0.29) is 6.10 Å². The van der Waals surface area contributed by atoms with Gasteiger partial charge in [-0.25, -0.2) is 0 Å². The van der Waals surface area contributed by atoms with Gasteiger partial charge >= 0.3 is 0 Å². The van der Waals surface area contributed by atoms with E-state index in [4.69, 9.17) is 4.74 Å². The Balaban J connectivity index is 1.98. The van der Waals surface area contributed by atoms with Crippen LogP contribution in [0.1, 0.15) is 37.7 Å². The second-order valence-electron chi connectivity index (χ2n) is 4.41. The smallest absolute Gasteiger partial charge is 0.104 e. The third-order valence-corrected chi connectivity index (χ3v) is 4.41. The van der Waals surface area contributed by atoms with Crippen molar-refractivity contribution in [3.05, 3.63) is 22.4 Å². The number of rotatable bonds is 4. The van der Waals surface area contributed by atoms with E-state index in [2.05, 4.69) is 36.7 Å². The van der Waals surface area contributed by atoms with Crippen LogP contribution in [0.4, 0.5) is 0 Å². The molecule has 1 aromatic rings. The standard InChI is InChI=1S/C13H21NOS/c1-3-10(4-2)11-8-14-9-12(15-11)13-6-5-7-16-13/h5-7,10-12,14H,3-4,8-9H2,1-2H3. The Labute approximate surface area is 102 Å². The summed E-state index contributed by atoms with van der Waals surface area (Å²) in [6.45, 7) is 6.48. The van der Waals surface area contributed by atoms with Crippen LogP contribution in [-0.4, -0.2) is 19.2 Å². The van der Waals surface area contributed by atoms with Gasteiger partial charge < -0.3 is 10.1 Å². The SMILES string of the molecule is CCC(CC)C1CNCC(c2cccs2)O1. The van der Waals surface area contributed by atoms with E-state index in [1.807, 2.05) is 0 Å². The van der Waals surface area contributed by atoms with Gasteiger partial charge in [0.2, 0.25) is 0 Å². The maximum Gasteiger partial charge on any atom is 0.104 e. The average molecular weight is 239 g/mol. The highest BCUT2D eigenvalue weighted by atomic mass is 32.1. The molecule has 1 N–H and O–H groups in total. The third-order valence-electron chi connectivity index (χ3n) is 3.45. The van der Waals surface area contributed by atoms with E-state index in [0.717, 1.165) is 13.1 Å². The molecule has 1 fully saturated rings. The van der Waals surface area contributed by atoms with Crippen LogP contribution in [0.2, 0.25) is 0 Å². The van der Waals surface area contributed by atoms with Crippen LogP contribution in [0.5, 0.6) is 0 Å². The molecule has 2 rings (SSSR count). The highest BCUT2D eigenvalue weighted by Gasteiger charge is 2.28. The minimum atomic E-state index is 0.263. The number of hydrogen-bond acceptors (Lipinski definition) is 3. The topological polar surface area (TPSA) is 21.3 Å². The summed E-state index contributed by atoms with van der Waals surface area (Å²) in [7, 11) is 0. The molecule has 2 nitrogen and oxygen atoms in total. The molecule has 1 aliphatic rings. The summed E-state index contributed by atoms with van der Waals surface area (Å²) in [5, 5.41) is 5.63. The molecule has 0 bridgehead atoms. The minimum Gasteiger partial charge on any atom is -0.367 e. The Morgan fingerprint density at radius 1 is 1.44 bits per heavy atom. The molecule has 0 spiro atoms. The van der Waals surface area contributed by atoms with Crippen molar-refractivity contribution >= 4 is 11.3 Å². The number of morpholine rings is 1. The lowest BCUT2D eigenvalue weighted by atomic mass is 9.95. The normalized spacial score (nSPS) is 26.2. The van der Waals surface area contributed by atoms with Crippen molar-refractivity contribution in [3.8, 4) is 0 Å². The first kappa shape index (κ1) is 12.1. The van der Waals surface area contributed by atoms with E-state index >= 15 is 0 Å². The van der Waals surface area contributed by atoms with Crippen LogP contribution in [0.15, 0.2) is 17.5 Å². The first-order chi connectivity index (χ1) is 7.85. The summed E-state index contributed by atoms with van der Waals surface area (Å²) in [4.78, 5) is 1.35. The molecule has 1 saturated heterocycles. The molecule has 3 heteroatoms. The van der Waals surface area contributed by atoms with Gasteiger partial charge in [-0.1, -0.05) is 32.8 Å². The first-order valence-electron chi connectivity index (χ1n) is 6.24. The predicted molar refractivity (Wildman–Crippen MR) is 68.9 cm³/mol. The number of thiophene rings is 1. The lowest BCUT2D eigenvalue weighted by molar-refractivity contribution is -0.0673. The van der Waals surface area contributed by atoms with E-state index in [0.29, 0.717) is 12.0 Å². The zero-order chi connectivity index (χ0) is 11.4. The molecule has 0 aromatic carbocycles. The van der Waals surface area contributed by atoms with Gasteiger partial charge in [-0.3, -0.25) is 0 Å². The highest BCUT2D eigenvalue weighted by molar-refractivity contribution is 7.10. The fourth-order valence-corrected chi connectivity index (χ4v) is 3.16. The second kappa shape index (κ2) is 5.80. The van der Waals surface area contributed by atoms with E-state index in [1.54, 1.807) is 11.3 Å². The molecule has 0 aliphatic carbocycles. The van der Waals surface area contributed by atoms with Crippen LogP contribution in [0.25, 0.3) is 0 Å². The van der Waals surface area contributed by atoms with Crippen molar-refractivity contribution < 1.29 is 4.74 Å². The van der Waals surface area contributed by atoms with Crippen LogP contribution >= 0.6 is 11.3 Å². The van der Waals surface area contributed by atoms with Gasteiger partial charge in [-0.2, -0.15) is 0 Å². The van der Waals surface area contributed by atoms with Gasteiger partial charge in [0.15, 0.2) is 0 Å². The van der Waals surface area contributed by atoms with Crippen molar-refractivity contribution in [3.63, 3.8) is 0 Å². The molecule has 16 heavy (non-hydrogen) atoms. The number of nitrogens with one attached hydrogen (secondary N) is 1. The van der Waals surface area contributed by atoms with Crippen molar-refractivity contribution in [1.29, 1.82) is 0 Å². The molecule has 0 radical (unpaired) electrons. The van der Waals surface area contributed by atoms with Crippen LogP contribution in [0.3, 0.4) is 0 Å². The fourth-order valence-electron chi connectivity index (χ4n) is 2.40. The Morgan fingerprint density at radius 3 is 2.88 bits per heavy atom. The van der Waals surface area contributed by atoms with Crippen LogP contribution in [-0.2, 0) is 4.74 Å². The predicted octanol–water partition coefficient (Wildman–Crippen LogP) is 3.21. The summed E-state index contributed by atoms with van der Waals surface area (Å²) < 4.78 is 6.22. The summed E-state index contributed by atoms with van der Waals surface area (Å²) in [5.74, 6) is 0.690. The Hall–Kier alpha value is -0.380. The van der Waals surface area contributed by atoms with Crippen LogP contribution in [0, 0.1) is 5.92 Å². The van der Waals surface area contributed by atoms with Gasteiger partial charge in [-0.15, -0.1) is 11.3 Å². The summed E-state index contributed by atoms with van der Waals surface area (Å²) in [6.07, 6.45) is 3.07. The van der Waals surface area contributed by atoms with E-state index < -0.39 is 0 Å². The summed E-state index contributed by atoms with van der Waals surface area (Å²) in [6, 6.07) is 4.27. The third kappa shape index (κ3) is 2.65. The lowest BCUT2D eigenvalue weighted by Gasteiger charge is -2.34. The molecule has 0 amide bonds. The minimum absolute atomic E-state index is 0.263. The summed E-state index contributed by atoms with van der Waals surface area (Å²) in [5.41, 5.74) is 0. The molecule has 1 aliphatic heterocycles. The molecular weight excluding hydrogens is 218 g/mol. The van der Waals surface area contributed by atoms with Crippen molar-refractivity contribution in [1.82, 2.24) is 5.32 Å². The van der Waals surface area contributed by atoms with E-state index in [1.165, 1.54) is 17.7 Å². The van der Waals surface area contributed by atoms with Crippen LogP contribution < -0.4 is 5.32 Å². The lowest BCUT2D eigenvalue weighted by Crippen LogP contribution is -2.43. The van der Waals surface area contributed by atoms with Crippen molar-refractivity contribution in [2.75, 3.05) is 13.1 Å². The molecule has 90 valence electrons. The molecule has 2 heterocycles. The molecule has 2 unspecified atom stereocenters. The molecule has 0 saturated carbocycles. The second-order valence-corrected chi connectivity index (χ2v) is 5.39. The quantitative estimate of drug-likeness (QED) is 0.871. The molecule has 1 aromatic heterocycles. The zero-order valence-corrected chi connectivity index (χ0v) is 10.9. The van der Waals surface area contributed by atoms with Crippen molar-refractivity contribution in [2.24, 2.45) is 5.92 Å². The molecule has 2 atom stereocenters. The first-order valence-corrected chi connectivity index (χ1v) is 7.12. The fraction of sp³-hybridized carbons (Fsp3) is 0.692. The average Bonchev–Trinajstić information content (AvgIpc) is 2.85. The van der Waals surface area contributed by atoms with Gasteiger partial charge in [0.25, 0.3) is 0 Å². The molecular formula is C13H21NOS. The Bertz CT molecular complexity index is 295. The zero-order valence-electron chi connectivity index (χ0n) is 10.1. The maximum absolute atomic E-state index is 6.22. The van der Waals surface area contributed by atoms with Crippen molar-refractivity contribution in [2.45, 2.75) is 38.9 Å². The largest absolute Gasteiger partial charge is 0.367 e. The van der Waals surface area contributed by atoms with E-state index in [9.17, 15) is 0 Å². The Kier molecular flexibility index (Phi) is 4.38. The van der Waals surface area contributed by atoms with Gasteiger partial charge in [0.05, 0.1) is 6.10 Å². The Morgan fingerprint density at radius 2 is 2.25 bits per heavy atom.